The molecule has 1 fully saturated rings. The van der Waals surface area contributed by atoms with Gasteiger partial charge in [0.25, 0.3) is 5.91 Å². The van der Waals surface area contributed by atoms with Gasteiger partial charge in [-0.05, 0) is 37.8 Å². The molecular formula is C19H26N4O3. The van der Waals surface area contributed by atoms with Crippen LogP contribution in [0, 0.1) is 0 Å². The summed E-state index contributed by atoms with van der Waals surface area (Å²) in [6, 6.07) is 5.95. The lowest BCUT2D eigenvalue weighted by Gasteiger charge is -2.29. The Morgan fingerprint density at radius 1 is 1.19 bits per heavy atom. The Labute approximate surface area is 152 Å². The minimum atomic E-state index is -0.101. The van der Waals surface area contributed by atoms with Gasteiger partial charge in [0.1, 0.15) is 5.75 Å². The van der Waals surface area contributed by atoms with E-state index >= 15 is 0 Å². The summed E-state index contributed by atoms with van der Waals surface area (Å²) >= 11 is 0. The predicted molar refractivity (Wildman–Crippen MR) is 100 cm³/mol. The Morgan fingerprint density at radius 2 is 1.88 bits per heavy atom. The number of hydrogen-bond acceptors (Lipinski definition) is 4. The van der Waals surface area contributed by atoms with Gasteiger partial charge in [0.2, 0.25) is 5.91 Å². The summed E-state index contributed by atoms with van der Waals surface area (Å²) in [5.74, 6) is 0.586. The first-order valence-electron chi connectivity index (χ1n) is 9.06. The fourth-order valence-corrected chi connectivity index (χ4v) is 3.58. The van der Waals surface area contributed by atoms with Gasteiger partial charge in [0.15, 0.2) is 0 Å². The summed E-state index contributed by atoms with van der Waals surface area (Å²) in [6.45, 7) is 0.366. The second-order valence-corrected chi connectivity index (χ2v) is 6.71. The average molecular weight is 358 g/mol. The van der Waals surface area contributed by atoms with Crippen molar-refractivity contribution in [2.75, 3.05) is 13.7 Å². The highest BCUT2D eigenvalue weighted by Crippen LogP contribution is 2.29. The zero-order valence-electron chi connectivity index (χ0n) is 15.0. The van der Waals surface area contributed by atoms with E-state index in [-0.39, 0.29) is 23.9 Å². The van der Waals surface area contributed by atoms with Crippen LogP contribution in [0.2, 0.25) is 0 Å². The van der Waals surface area contributed by atoms with E-state index in [0.717, 1.165) is 36.6 Å². The molecule has 1 aliphatic rings. The van der Waals surface area contributed by atoms with Crippen molar-refractivity contribution in [1.29, 1.82) is 0 Å². The summed E-state index contributed by atoms with van der Waals surface area (Å²) < 4.78 is 5.39. The van der Waals surface area contributed by atoms with Crippen LogP contribution in [-0.4, -0.2) is 42.5 Å². The van der Waals surface area contributed by atoms with Gasteiger partial charge in [-0.3, -0.25) is 9.59 Å². The van der Waals surface area contributed by atoms with Gasteiger partial charge in [0, 0.05) is 36.8 Å². The van der Waals surface area contributed by atoms with Crippen molar-refractivity contribution in [2.45, 2.75) is 44.2 Å². The van der Waals surface area contributed by atoms with E-state index in [1.54, 1.807) is 13.3 Å². The largest absolute Gasteiger partial charge is 0.496 e. The summed E-state index contributed by atoms with van der Waals surface area (Å²) in [4.78, 5) is 27.5. The van der Waals surface area contributed by atoms with Crippen molar-refractivity contribution >= 4 is 22.7 Å². The molecule has 0 atom stereocenters. The van der Waals surface area contributed by atoms with Gasteiger partial charge in [-0.15, -0.1) is 0 Å². The third-order valence-electron chi connectivity index (χ3n) is 4.93. The molecule has 0 saturated heterocycles. The molecule has 2 amide bonds. The number of aromatic nitrogens is 1. The second kappa shape index (κ2) is 8.23. The molecule has 1 saturated carbocycles. The van der Waals surface area contributed by atoms with Crippen LogP contribution in [0.25, 0.3) is 10.9 Å². The molecule has 1 heterocycles. The van der Waals surface area contributed by atoms with Crippen LogP contribution in [0.3, 0.4) is 0 Å². The minimum Gasteiger partial charge on any atom is -0.496 e. The monoisotopic (exact) mass is 358 g/mol. The fourth-order valence-electron chi connectivity index (χ4n) is 3.58. The molecule has 1 aromatic heterocycles. The number of H-pyrrole nitrogens is 1. The normalized spacial score (nSPS) is 19.9. The number of methoxy groups -OCH3 is 1. The lowest BCUT2D eigenvalue weighted by Crippen LogP contribution is -2.44. The number of ether oxygens (including phenoxy) is 1. The molecule has 0 bridgehead atoms. The second-order valence-electron chi connectivity index (χ2n) is 6.71. The molecule has 0 radical (unpaired) electrons. The summed E-state index contributed by atoms with van der Waals surface area (Å²) in [6.07, 6.45) is 5.49. The van der Waals surface area contributed by atoms with Crippen molar-refractivity contribution in [3.8, 4) is 5.75 Å². The van der Waals surface area contributed by atoms with Gasteiger partial charge in [0.05, 0.1) is 18.1 Å². The molecule has 3 rings (SSSR count). The van der Waals surface area contributed by atoms with Crippen molar-refractivity contribution < 1.29 is 14.3 Å². The van der Waals surface area contributed by atoms with E-state index in [9.17, 15) is 9.59 Å². The summed E-state index contributed by atoms with van der Waals surface area (Å²) in [5, 5.41) is 6.92. The zero-order chi connectivity index (χ0) is 18.5. The molecule has 2 aromatic rings. The molecule has 26 heavy (non-hydrogen) atoms. The topological polar surface area (TPSA) is 109 Å². The van der Waals surface area contributed by atoms with E-state index in [2.05, 4.69) is 15.6 Å². The van der Waals surface area contributed by atoms with Crippen molar-refractivity contribution in [3.63, 3.8) is 0 Å². The number of fused-ring (bicyclic) bond motifs is 1. The van der Waals surface area contributed by atoms with Gasteiger partial charge < -0.3 is 26.1 Å². The molecular weight excluding hydrogens is 332 g/mol. The first-order valence-corrected chi connectivity index (χ1v) is 9.06. The summed E-state index contributed by atoms with van der Waals surface area (Å²) in [7, 11) is 1.60. The number of carbonyl (C=O) groups excluding carboxylic acids is 2. The van der Waals surface area contributed by atoms with Crippen LogP contribution in [0.15, 0.2) is 24.4 Å². The maximum Gasteiger partial charge on any atom is 0.253 e. The quantitative estimate of drug-likeness (QED) is 0.630. The highest BCUT2D eigenvalue weighted by molar-refractivity contribution is 6.09. The molecule has 1 aliphatic carbocycles. The number of amides is 2. The maximum atomic E-state index is 12.7. The van der Waals surface area contributed by atoms with Crippen LogP contribution in [-0.2, 0) is 4.79 Å². The number of rotatable bonds is 6. The molecule has 1 aromatic carbocycles. The van der Waals surface area contributed by atoms with Crippen LogP contribution >= 0.6 is 0 Å². The Balaban J connectivity index is 1.59. The molecule has 0 spiro atoms. The lowest BCUT2D eigenvalue weighted by molar-refractivity contribution is -0.121. The molecule has 0 unspecified atom stereocenters. The number of benzene rings is 1. The number of carbonyl (C=O) groups is 2. The van der Waals surface area contributed by atoms with Crippen LogP contribution < -0.4 is 21.1 Å². The van der Waals surface area contributed by atoms with E-state index in [0.29, 0.717) is 24.3 Å². The standard InChI is InChI=1S/C19H26N4O3/c1-26-16-4-2-3-15-18(16)14(11-21-15)19(25)23-13-7-5-12(6-8-13)22-17(24)9-10-20/h2-4,11-13,21H,5-10,20H2,1H3,(H,22,24)(H,23,25). The minimum absolute atomic E-state index is 0.00544. The van der Waals surface area contributed by atoms with Crippen molar-refractivity contribution in [3.05, 3.63) is 30.0 Å². The predicted octanol–water partition coefficient (Wildman–Crippen LogP) is 1.68. The molecule has 140 valence electrons. The highest BCUT2D eigenvalue weighted by Gasteiger charge is 2.25. The summed E-state index contributed by atoms with van der Waals surface area (Å²) in [5.41, 5.74) is 6.87. The SMILES string of the molecule is COc1cccc2[nH]cc(C(=O)NC3CCC(NC(=O)CCN)CC3)c12. The fraction of sp³-hybridized carbons (Fsp3) is 0.474. The Kier molecular flexibility index (Phi) is 5.78. The third kappa shape index (κ3) is 3.99. The third-order valence-corrected chi connectivity index (χ3v) is 4.93. The van der Waals surface area contributed by atoms with E-state index in [1.165, 1.54) is 0 Å². The molecule has 0 aliphatic heterocycles. The maximum absolute atomic E-state index is 12.7. The number of nitrogens with one attached hydrogen (secondary N) is 3. The van der Waals surface area contributed by atoms with Crippen LogP contribution in [0.4, 0.5) is 0 Å². The van der Waals surface area contributed by atoms with Gasteiger partial charge in [-0.2, -0.15) is 0 Å². The van der Waals surface area contributed by atoms with E-state index in [4.69, 9.17) is 10.5 Å². The Morgan fingerprint density at radius 3 is 2.54 bits per heavy atom. The van der Waals surface area contributed by atoms with E-state index in [1.807, 2.05) is 18.2 Å². The average Bonchev–Trinajstić information content (AvgIpc) is 3.08. The molecule has 7 heteroatoms. The van der Waals surface area contributed by atoms with Crippen molar-refractivity contribution in [2.24, 2.45) is 5.73 Å². The van der Waals surface area contributed by atoms with Gasteiger partial charge in [-0.25, -0.2) is 0 Å². The van der Waals surface area contributed by atoms with Gasteiger partial charge >= 0.3 is 0 Å². The first kappa shape index (κ1) is 18.3. The van der Waals surface area contributed by atoms with Gasteiger partial charge in [-0.1, -0.05) is 6.07 Å². The molecule has 7 nitrogen and oxygen atoms in total. The van der Waals surface area contributed by atoms with Crippen molar-refractivity contribution in [1.82, 2.24) is 15.6 Å². The van der Waals surface area contributed by atoms with E-state index < -0.39 is 0 Å². The lowest BCUT2D eigenvalue weighted by atomic mass is 9.91. The Bertz CT molecular complexity index is 778. The number of hydrogen-bond donors (Lipinski definition) is 4. The highest BCUT2D eigenvalue weighted by atomic mass is 16.5. The molecule has 5 N–H and O–H groups in total. The first-order chi connectivity index (χ1) is 12.6. The smallest absolute Gasteiger partial charge is 0.253 e. The Hall–Kier alpha value is -2.54. The number of nitrogens with two attached hydrogens (primary N) is 1. The zero-order valence-corrected chi connectivity index (χ0v) is 15.0. The van der Waals surface area contributed by atoms with Crippen LogP contribution in [0.5, 0.6) is 5.75 Å². The number of aromatic amines is 1. The van der Waals surface area contributed by atoms with Crippen LogP contribution in [0.1, 0.15) is 42.5 Å².